The molecular weight excluding hydrogens is 320 g/mol. The molecule has 2 aromatic rings. The minimum atomic E-state index is -0.830. The van der Waals surface area contributed by atoms with Crippen LogP contribution < -0.4 is 16.6 Å². The van der Waals surface area contributed by atoms with Crippen LogP contribution in [0.1, 0.15) is 19.1 Å². The van der Waals surface area contributed by atoms with E-state index in [9.17, 15) is 14.7 Å². The molecule has 0 bridgehead atoms. The van der Waals surface area contributed by atoms with Gasteiger partial charge >= 0.3 is 0 Å². The first-order valence-corrected chi connectivity index (χ1v) is 7.44. The van der Waals surface area contributed by atoms with Gasteiger partial charge in [0.15, 0.2) is 11.2 Å². The molecule has 130 valence electrons. The second-order valence-corrected chi connectivity index (χ2v) is 5.44. The van der Waals surface area contributed by atoms with E-state index in [4.69, 9.17) is 15.6 Å². The summed E-state index contributed by atoms with van der Waals surface area (Å²) >= 11 is 0. The van der Waals surface area contributed by atoms with Gasteiger partial charge < -0.3 is 20.7 Å². The lowest BCUT2D eigenvalue weighted by atomic mass is 10.2. The van der Waals surface area contributed by atoms with Crippen LogP contribution in [0.5, 0.6) is 0 Å². The molecule has 0 unspecified atom stereocenters. The number of hydrogen-bond donors (Lipinski definition) is 5. The number of aromatic amines is 1. The van der Waals surface area contributed by atoms with Crippen molar-refractivity contribution < 1.29 is 19.7 Å². The number of aliphatic hydroxyl groups is 2. The van der Waals surface area contributed by atoms with Gasteiger partial charge in [0, 0.05) is 19.4 Å². The first-order valence-electron chi connectivity index (χ1n) is 7.44. The number of hydrogen-bond acceptors (Lipinski definition) is 8. The van der Waals surface area contributed by atoms with E-state index in [0.29, 0.717) is 0 Å². The van der Waals surface area contributed by atoms with E-state index in [1.165, 1.54) is 10.9 Å². The zero-order valence-corrected chi connectivity index (χ0v) is 12.7. The Balaban J connectivity index is 1.94. The maximum atomic E-state index is 12.1. The minimum absolute atomic E-state index is 0.0232. The molecule has 3 rings (SSSR count). The lowest BCUT2D eigenvalue weighted by Crippen LogP contribution is -2.24. The van der Waals surface area contributed by atoms with E-state index in [2.05, 4.69) is 20.3 Å². The topological polar surface area (TPSA) is 168 Å². The SMILES string of the molecule is NCCC(=O)Nc1nc2c(ncn2[C@H]2C[C@@H](O)[C@@H](CO)O2)c(=O)[nH]1. The number of carbonyl (C=O) groups excluding carboxylic acids is 1. The fraction of sp³-hybridized carbons (Fsp3) is 0.538. The molecule has 3 atom stereocenters. The van der Waals surface area contributed by atoms with Gasteiger partial charge in [0.2, 0.25) is 11.9 Å². The van der Waals surface area contributed by atoms with Gasteiger partial charge in [-0.1, -0.05) is 0 Å². The molecule has 0 saturated carbocycles. The Morgan fingerprint density at radius 3 is 3.04 bits per heavy atom. The van der Waals surface area contributed by atoms with Crippen LogP contribution in [0.2, 0.25) is 0 Å². The molecule has 1 saturated heterocycles. The van der Waals surface area contributed by atoms with Crippen molar-refractivity contribution in [3.05, 3.63) is 16.7 Å². The van der Waals surface area contributed by atoms with Crippen molar-refractivity contribution in [1.29, 1.82) is 0 Å². The highest BCUT2D eigenvalue weighted by molar-refractivity contribution is 5.89. The van der Waals surface area contributed by atoms with Crippen LogP contribution in [0.15, 0.2) is 11.1 Å². The van der Waals surface area contributed by atoms with Crippen molar-refractivity contribution in [2.45, 2.75) is 31.3 Å². The van der Waals surface area contributed by atoms with Crippen LogP contribution >= 0.6 is 0 Å². The van der Waals surface area contributed by atoms with Gasteiger partial charge in [-0.15, -0.1) is 0 Å². The first kappa shape index (κ1) is 16.5. The Kier molecular flexibility index (Phi) is 4.57. The maximum absolute atomic E-state index is 12.1. The molecule has 1 aliphatic rings. The molecule has 11 heteroatoms. The zero-order chi connectivity index (χ0) is 17.3. The number of amides is 1. The highest BCUT2D eigenvalue weighted by atomic mass is 16.5. The number of anilines is 1. The van der Waals surface area contributed by atoms with Crippen LogP contribution in [-0.4, -0.2) is 61.0 Å². The Hall–Kier alpha value is -2.34. The quantitative estimate of drug-likeness (QED) is 0.419. The summed E-state index contributed by atoms with van der Waals surface area (Å²) < 4.78 is 7.03. The Bertz CT molecular complexity index is 802. The highest BCUT2D eigenvalue weighted by Crippen LogP contribution is 2.30. The molecule has 0 radical (unpaired) electrons. The van der Waals surface area contributed by atoms with Gasteiger partial charge in [-0.3, -0.25) is 24.5 Å². The van der Waals surface area contributed by atoms with E-state index in [0.717, 1.165) is 0 Å². The molecule has 1 aliphatic heterocycles. The van der Waals surface area contributed by atoms with Crippen molar-refractivity contribution >= 4 is 23.0 Å². The van der Waals surface area contributed by atoms with Gasteiger partial charge in [0.05, 0.1) is 19.0 Å². The summed E-state index contributed by atoms with van der Waals surface area (Å²) in [4.78, 5) is 34.3. The predicted octanol–water partition coefficient (Wildman–Crippen LogP) is -1.95. The fourth-order valence-electron chi connectivity index (χ4n) is 2.57. The van der Waals surface area contributed by atoms with Crippen LogP contribution in [0, 0.1) is 0 Å². The maximum Gasteiger partial charge on any atom is 0.280 e. The second kappa shape index (κ2) is 6.65. The van der Waals surface area contributed by atoms with Crippen molar-refractivity contribution in [2.75, 3.05) is 18.5 Å². The third-order valence-electron chi connectivity index (χ3n) is 3.76. The minimum Gasteiger partial charge on any atom is -0.394 e. The molecule has 6 N–H and O–H groups in total. The summed E-state index contributed by atoms with van der Waals surface area (Å²) in [5, 5.41) is 21.5. The number of H-pyrrole nitrogens is 1. The van der Waals surface area contributed by atoms with Crippen LogP contribution in [0.4, 0.5) is 5.95 Å². The Morgan fingerprint density at radius 1 is 1.58 bits per heavy atom. The molecule has 0 aromatic carbocycles. The molecule has 0 aliphatic carbocycles. The van der Waals surface area contributed by atoms with E-state index in [1.807, 2.05) is 0 Å². The molecule has 1 fully saturated rings. The van der Waals surface area contributed by atoms with Crippen molar-refractivity contribution in [2.24, 2.45) is 5.73 Å². The van der Waals surface area contributed by atoms with Gasteiger partial charge in [-0.2, -0.15) is 4.98 Å². The monoisotopic (exact) mass is 338 g/mol. The van der Waals surface area contributed by atoms with Gasteiger partial charge in [-0.25, -0.2) is 4.98 Å². The van der Waals surface area contributed by atoms with Crippen molar-refractivity contribution in [3.63, 3.8) is 0 Å². The molecule has 24 heavy (non-hydrogen) atoms. The summed E-state index contributed by atoms with van der Waals surface area (Å²) in [6.07, 6.45) is -0.474. The highest BCUT2D eigenvalue weighted by Gasteiger charge is 2.35. The summed E-state index contributed by atoms with van der Waals surface area (Å²) in [5.41, 5.74) is 5.08. The molecule has 3 heterocycles. The Morgan fingerprint density at radius 2 is 2.38 bits per heavy atom. The summed E-state index contributed by atoms with van der Waals surface area (Å²) in [7, 11) is 0. The summed E-state index contributed by atoms with van der Waals surface area (Å²) in [6.45, 7) is -0.148. The molecular formula is C13H18N6O5. The average molecular weight is 338 g/mol. The average Bonchev–Trinajstić information content (AvgIpc) is 3.10. The van der Waals surface area contributed by atoms with Crippen molar-refractivity contribution in [3.8, 4) is 0 Å². The summed E-state index contributed by atoms with van der Waals surface area (Å²) in [5.74, 6) is -0.399. The number of nitrogens with zero attached hydrogens (tertiary/aromatic N) is 3. The number of rotatable bonds is 5. The number of aromatic nitrogens is 4. The largest absolute Gasteiger partial charge is 0.394 e. The number of aliphatic hydroxyl groups excluding tert-OH is 2. The first-order chi connectivity index (χ1) is 11.5. The summed E-state index contributed by atoms with van der Waals surface area (Å²) in [6, 6.07) is 0. The zero-order valence-electron chi connectivity index (χ0n) is 12.7. The van der Waals surface area contributed by atoms with E-state index in [-0.39, 0.29) is 49.0 Å². The van der Waals surface area contributed by atoms with Crippen LogP contribution in [-0.2, 0) is 9.53 Å². The number of nitrogens with one attached hydrogen (secondary N) is 2. The van der Waals surface area contributed by atoms with E-state index in [1.54, 1.807) is 0 Å². The molecule has 2 aromatic heterocycles. The third kappa shape index (κ3) is 3.01. The lowest BCUT2D eigenvalue weighted by Gasteiger charge is -2.13. The van der Waals surface area contributed by atoms with Crippen LogP contribution in [0.3, 0.4) is 0 Å². The molecule has 1 amide bonds. The number of carbonyl (C=O) groups is 1. The fourth-order valence-corrected chi connectivity index (χ4v) is 2.57. The molecule has 0 spiro atoms. The standard InChI is InChI=1S/C13H18N6O5/c14-2-1-8(22)16-13-17-11-10(12(23)18-13)15-5-19(11)9-3-6(21)7(4-20)24-9/h5-7,9,20-21H,1-4,14H2,(H2,16,17,18,22,23)/t6-,7-,9-/m1/s1. The number of nitrogens with two attached hydrogens (primary N) is 1. The number of imidazole rings is 1. The normalized spacial score (nSPS) is 23.7. The van der Waals surface area contributed by atoms with Gasteiger partial charge in [-0.05, 0) is 0 Å². The van der Waals surface area contributed by atoms with E-state index >= 15 is 0 Å². The van der Waals surface area contributed by atoms with Crippen LogP contribution in [0.25, 0.3) is 11.2 Å². The van der Waals surface area contributed by atoms with E-state index < -0.39 is 24.0 Å². The number of ether oxygens (including phenoxy) is 1. The molecule has 11 nitrogen and oxygen atoms in total. The smallest absolute Gasteiger partial charge is 0.280 e. The third-order valence-corrected chi connectivity index (χ3v) is 3.76. The number of fused-ring (bicyclic) bond motifs is 1. The second-order valence-electron chi connectivity index (χ2n) is 5.44. The predicted molar refractivity (Wildman–Crippen MR) is 82.1 cm³/mol. The van der Waals surface area contributed by atoms with Gasteiger partial charge in [0.25, 0.3) is 5.56 Å². The van der Waals surface area contributed by atoms with Crippen molar-refractivity contribution in [1.82, 2.24) is 19.5 Å². The Labute approximate surface area is 135 Å². The lowest BCUT2D eigenvalue weighted by molar-refractivity contribution is -0.116. The van der Waals surface area contributed by atoms with Gasteiger partial charge in [0.1, 0.15) is 12.3 Å².